The van der Waals surface area contributed by atoms with Gasteiger partial charge in [0.1, 0.15) is 0 Å². The number of nitrogens with two attached hydrogens (primary N) is 1. The summed E-state index contributed by atoms with van der Waals surface area (Å²) < 4.78 is 1.66. The Bertz CT molecular complexity index is 406. The summed E-state index contributed by atoms with van der Waals surface area (Å²) in [6.07, 6.45) is 3.52. The molecule has 0 spiro atoms. The lowest BCUT2D eigenvalue weighted by molar-refractivity contribution is 0.844. The zero-order chi connectivity index (χ0) is 9.26. The normalized spacial score (nSPS) is 10.2. The van der Waals surface area contributed by atoms with Crippen LogP contribution in [0.25, 0.3) is 5.82 Å². The highest BCUT2D eigenvalue weighted by Crippen LogP contribution is 2.13. The zero-order valence-corrected chi connectivity index (χ0v) is 7.31. The number of rotatable bonds is 1. The maximum Gasteiger partial charge on any atom is 0.176 e. The number of anilines is 1. The van der Waals surface area contributed by atoms with Gasteiger partial charge in [-0.15, -0.1) is 0 Å². The number of aryl methyl sites for hydroxylation is 1. The van der Waals surface area contributed by atoms with Gasteiger partial charge in [-0.3, -0.25) is 0 Å². The smallest absolute Gasteiger partial charge is 0.176 e. The van der Waals surface area contributed by atoms with Crippen LogP contribution in [0, 0.1) is 6.92 Å². The molecule has 13 heavy (non-hydrogen) atoms. The molecule has 2 N–H and O–H groups in total. The van der Waals surface area contributed by atoms with E-state index in [0.29, 0.717) is 11.5 Å². The minimum atomic E-state index is 0.634. The monoisotopic (exact) mass is 174 g/mol. The van der Waals surface area contributed by atoms with Crippen molar-refractivity contribution in [2.24, 2.45) is 0 Å². The third-order valence-electron chi connectivity index (χ3n) is 1.77. The number of hydrogen-bond acceptors (Lipinski definition) is 3. The van der Waals surface area contributed by atoms with Gasteiger partial charge in [0.15, 0.2) is 5.82 Å². The molecule has 4 nitrogen and oxygen atoms in total. The molecular formula is C9H10N4. The lowest BCUT2D eigenvalue weighted by Crippen LogP contribution is -2.03. The molecule has 0 aliphatic carbocycles. The molecule has 2 heterocycles. The van der Waals surface area contributed by atoms with Gasteiger partial charge in [-0.05, 0) is 25.1 Å². The van der Waals surface area contributed by atoms with E-state index in [4.69, 9.17) is 5.73 Å². The van der Waals surface area contributed by atoms with E-state index in [1.807, 2.05) is 31.3 Å². The number of pyridine rings is 1. The number of hydrogen-bond donors (Lipinski definition) is 1. The Morgan fingerprint density at radius 1 is 1.38 bits per heavy atom. The Morgan fingerprint density at radius 3 is 2.92 bits per heavy atom. The average Bonchev–Trinajstić information content (AvgIpc) is 2.61. The first-order valence-corrected chi connectivity index (χ1v) is 4.00. The number of aromatic nitrogens is 3. The zero-order valence-electron chi connectivity index (χ0n) is 7.31. The van der Waals surface area contributed by atoms with Crippen LogP contribution in [-0.2, 0) is 0 Å². The summed E-state index contributed by atoms with van der Waals surface area (Å²) in [5, 5.41) is 4.06. The molecular weight excluding hydrogens is 164 g/mol. The predicted molar refractivity (Wildman–Crippen MR) is 50.5 cm³/mol. The number of nitrogen functional groups attached to an aromatic ring is 1. The lowest BCUT2D eigenvalue weighted by atomic mass is 10.3. The van der Waals surface area contributed by atoms with Crippen LogP contribution < -0.4 is 5.73 Å². The molecule has 0 aromatic carbocycles. The van der Waals surface area contributed by atoms with Gasteiger partial charge in [-0.25, -0.2) is 9.67 Å². The van der Waals surface area contributed by atoms with Gasteiger partial charge < -0.3 is 5.73 Å². The summed E-state index contributed by atoms with van der Waals surface area (Å²) >= 11 is 0. The Hall–Kier alpha value is -1.84. The standard InChI is InChI=1S/C9H10N4/c1-7-3-4-8(10)9(12-7)13-6-2-5-11-13/h2-6H,10H2,1H3. The van der Waals surface area contributed by atoms with Crippen LogP contribution in [-0.4, -0.2) is 14.8 Å². The van der Waals surface area contributed by atoms with Crippen LogP contribution in [0.5, 0.6) is 0 Å². The number of nitrogens with zero attached hydrogens (tertiary/aromatic N) is 3. The largest absolute Gasteiger partial charge is 0.396 e. The van der Waals surface area contributed by atoms with Crippen molar-refractivity contribution in [3.63, 3.8) is 0 Å². The molecule has 0 aliphatic rings. The van der Waals surface area contributed by atoms with Crippen molar-refractivity contribution in [1.82, 2.24) is 14.8 Å². The Balaban J connectivity index is 2.57. The Kier molecular flexibility index (Phi) is 1.73. The fourth-order valence-electron chi connectivity index (χ4n) is 1.13. The molecule has 0 amide bonds. The molecule has 66 valence electrons. The van der Waals surface area contributed by atoms with Crippen molar-refractivity contribution >= 4 is 5.69 Å². The van der Waals surface area contributed by atoms with Gasteiger partial charge >= 0.3 is 0 Å². The van der Waals surface area contributed by atoms with Crippen molar-refractivity contribution in [2.75, 3.05) is 5.73 Å². The molecule has 0 unspecified atom stereocenters. The maximum atomic E-state index is 5.76. The van der Waals surface area contributed by atoms with E-state index in [1.165, 1.54) is 0 Å². The minimum absolute atomic E-state index is 0.634. The van der Waals surface area contributed by atoms with Gasteiger partial charge in [0.2, 0.25) is 0 Å². The van der Waals surface area contributed by atoms with Crippen LogP contribution >= 0.6 is 0 Å². The molecule has 2 aromatic rings. The van der Waals surface area contributed by atoms with E-state index < -0.39 is 0 Å². The Labute approximate surface area is 76.0 Å². The van der Waals surface area contributed by atoms with Crippen LogP contribution in [0.2, 0.25) is 0 Å². The van der Waals surface area contributed by atoms with E-state index in [0.717, 1.165) is 5.69 Å². The van der Waals surface area contributed by atoms with Crippen molar-refractivity contribution in [2.45, 2.75) is 6.92 Å². The summed E-state index contributed by atoms with van der Waals surface area (Å²) in [6, 6.07) is 5.55. The molecule has 0 saturated heterocycles. The summed E-state index contributed by atoms with van der Waals surface area (Å²) in [4.78, 5) is 4.29. The van der Waals surface area contributed by atoms with Crippen LogP contribution in [0.1, 0.15) is 5.69 Å². The van der Waals surface area contributed by atoms with E-state index in [9.17, 15) is 0 Å². The van der Waals surface area contributed by atoms with E-state index >= 15 is 0 Å². The minimum Gasteiger partial charge on any atom is -0.396 e. The molecule has 0 saturated carbocycles. The second kappa shape index (κ2) is 2.90. The van der Waals surface area contributed by atoms with E-state index in [1.54, 1.807) is 10.9 Å². The average molecular weight is 174 g/mol. The van der Waals surface area contributed by atoms with E-state index in [2.05, 4.69) is 10.1 Å². The molecule has 0 atom stereocenters. The fourth-order valence-corrected chi connectivity index (χ4v) is 1.13. The highest BCUT2D eigenvalue weighted by atomic mass is 15.3. The van der Waals surface area contributed by atoms with Crippen LogP contribution in [0.15, 0.2) is 30.6 Å². The Morgan fingerprint density at radius 2 is 2.23 bits per heavy atom. The SMILES string of the molecule is Cc1ccc(N)c(-n2cccn2)n1. The molecule has 2 rings (SSSR count). The highest BCUT2D eigenvalue weighted by Gasteiger charge is 2.02. The predicted octanol–water partition coefficient (Wildman–Crippen LogP) is 1.16. The summed E-state index contributed by atoms with van der Waals surface area (Å²) in [5.41, 5.74) is 7.32. The highest BCUT2D eigenvalue weighted by molar-refractivity contribution is 5.52. The maximum absolute atomic E-state index is 5.76. The first kappa shape index (κ1) is 7.79. The molecule has 2 aromatic heterocycles. The topological polar surface area (TPSA) is 56.7 Å². The van der Waals surface area contributed by atoms with Crippen molar-refractivity contribution in [3.8, 4) is 5.82 Å². The molecule has 4 heteroatoms. The van der Waals surface area contributed by atoms with Crippen molar-refractivity contribution < 1.29 is 0 Å². The third kappa shape index (κ3) is 1.38. The van der Waals surface area contributed by atoms with Crippen LogP contribution in [0.3, 0.4) is 0 Å². The molecule has 0 fully saturated rings. The van der Waals surface area contributed by atoms with Gasteiger partial charge in [0.25, 0.3) is 0 Å². The second-order valence-electron chi connectivity index (χ2n) is 2.82. The fraction of sp³-hybridized carbons (Fsp3) is 0.111. The van der Waals surface area contributed by atoms with Crippen molar-refractivity contribution in [1.29, 1.82) is 0 Å². The van der Waals surface area contributed by atoms with E-state index in [-0.39, 0.29) is 0 Å². The summed E-state index contributed by atoms with van der Waals surface area (Å²) in [7, 11) is 0. The summed E-state index contributed by atoms with van der Waals surface area (Å²) in [6.45, 7) is 1.92. The first-order chi connectivity index (χ1) is 6.27. The van der Waals surface area contributed by atoms with Crippen LogP contribution in [0.4, 0.5) is 5.69 Å². The van der Waals surface area contributed by atoms with Gasteiger partial charge in [-0.2, -0.15) is 5.10 Å². The van der Waals surface area contributed by atoms with Crippen molar-refractivity contribution in [3.05, 3.63) is 36.3 Å². The summed E-state index contributed by atoms with van der Waals surface area (Å²) in [5.74, 6) is 0.685. The second-order valence-corrected chi connectivity index (χ2v) is 2.82. The van der Waals surface area contributed by atoms with Gasteiger partial charge in [0.05, 0.1) is 5.69 Å². The first-order valence-electron chi connectivity index (χ1n) is 4.00. The quantitative estimate of drug-likeness (QED) is 0.705. The molecule has 0 aliphatic heterocycles. The lowest BCUT2D eigenvalue weighted by Gasteiger charge is -2.04. The van der Waals surface area contributed by atoms with Gasteiger partial charge in [0, 0.05) is 18.1 Å². The third-order valence-corrected chi connectivity index (χ3v) is 1.77. The molecule has 0 radical (unpaired) electrons. The van der Waals surface area contributed by atoms with Gasteiger partial charge in [-0.1, -0.05) is 0 Å². The molecule has 0 bridgehead atoms.